The van der Waals surface area contributed by atoms with Crippen LogP contribution in [0, 0.1) is 0 Å². The Hall–Kier alpha value is -0.980. The van der Waals surface area contributed by atoms with E-state index in [9.17, 15) is 0 Å². The van der Waals surface area contributed by atoms with Gasteiger partial charge in [-0.25, -0.2) is 0 Å². The molecule has 0 saturated carbocycles. The maximum Gasteiger partial charge on any atom is 0.114 e. The summed E-state index contributed by atoms with van der Waals surface area (Å²) in [5.41, 5.74) is 1.24. The van der Waals surface area contributed by atoms with Crippen LogP contribution in [0.1, 0.15) is 20.3 Å². The minimum atomic E-state index is 0.216. The van der Waals surface area contributed by atoms with Crippen molar-refractivity contribution >= 4 is 0 Å². The third kappa shape index (κ3) is 3.96. The Labute approximate surface area is 62.4 Å². The quantitative estimate of drug-likeness (QED) is 0.469. The number of aliphatic hydroxyl groups excluding tert-OH is 1. The molecule has 0 fully saturated rings. The predicted octanol–water partition coefficient (Wildman–Crippen LogP) is 2.97. The van der Waals surface area contributed by atoms with Crippen molar-refractivity contribution in [3.8, 4) is 0 Å². The molecule has 0 heterocycles. The first kappa shape index (κ1) is 9.02. The van der Waals surface area contributed by atoms with Gasteiger partial charge in [-0.15, -0.1) is 0 Å². The molecule has 0 spiro atoms. The minimum absolute atomic E-state index is 0.216. The van der Waals surface area contributed by atoms with Crippen molar-refractivity contribution in [1.29, 1.82) is 0 Å². The summed E-state index contributed by atoms with van der Waals surface area (Å²) in [5, 5.41) is 8.90. The summed E-state index contributed by atoms with van der Waals surface area (Å²) in [6.45, 7) is 7.51. The van der Waals surface area contributed by atoms with Crippen LogP contribution in [0.25, 0.3) is 0 Å². The summed E-state index contributed by atoms with van der Waals surface area (Å²) in [7, 11) is 0. The molecule has 0 rings (SSSR count). The van der Waals surface area contributed by atoms with Gasteiger partial charge in [-0.05, 0) is 25.5 Å². The highest BCUT2D eigenvalue weighted by Crippen LogP contribution is 1.99. The van der Waals surface area contributed by atoms with Gasteiger partial charge in [0.25, 0.3) is 0 Å². The summed E-state index contributed by atoms with van der Waals surface area (Å²) in [4.78, 5) is 0. The fourth-order valence-corrected chi connectivity index (χ4v) is 0.414. The first-order valence-electron chi connectivity index (χ1n) is 3.39. The van der Waals surface area contributed by atoms with Gasteiger partial charge < -0.3 is 5.11 Å². The highest BCUT2D eigenvalue weighted by atomic mass is 16.3. The van der Waals surface area contributed by atoms with Gasteiger partial charge >= 0.3 is 0 Å². The van der Waals surface area contributed by atoms with E-state index in [0.717, 1.165) is 6.42 Å². The van der Waals surface area contributed by atoms with Crippen molar-refractivity contribution in [2.75, 3.05) is 0 Å². The summed E-state index contributed by atoms with van der Waals surface area (Å²) < 4.78 is 0. The van der Waals surface area contributed by atoms with Crippen LogP contribution >= 0.6 is 0 Å². The Morgan fingerprint density at radius 3 is 2.50 bits per heavy atom. The summed E-state index contributed by atoms with van der Waals surface area (Å²) in [6.07, 6.45) is 5.96. The van der Waals surface area contributed by atoms with E-state index < -0.39 is 0 Å². The molecule has 1 N–H and O–H groups in total. The van der Waals surface area contributed by atoms with E-state index >= 15 is 0 Å². The molecular weight excluding hydrogens is 124 g/mol. The van der Waals surface area contributed by atoms with Crippen molar-refractivity contribution in [3.63, 3.8) is 0 Å². The Bertz CT molecular complexity index is 164. The summed E-state index contributed by atoms with van der Waals surface area (Å²) in [6, 6.07) is 0. The fraction of sp³-hybridized carbons (Fsp3) is 0.333. The van der Waals surface area contributed by atoms with Gasteiger partial charge in [0, 0.05) is 0 Å². The lowest BCUT2D eigenvalue weighted by atomic mass is 10.2. The van der Waals surface area contributed by atoms with Gasteiger partial charge in [0.1, 0.15) is 5.76 Å². The van der Waals surface area contributed by atoms with E-state index in [4.69, 9.17) is 5.11 Å². The Morgan fingerprint density at radius 1 is 1.50 bits per heavy atom. The monoisotopic (exact) mass is 138 g/mol. The molecule has 1 heteroatoms. The number of hydrogen-bond donors (Lipinski definition) is 1. The van der Waals surface area contributed by atoms with Crippen LogP contribution < -0.4 is 0 Å². The number of allylic oxidation sites excluding steroid dienone is 4. The van der Waals surface area contributed by atoms with Gasteiger partial charge in [0.05, 0.1) is 0 Å². The maximum absolute atomic E-state index is 8.90. The summed E-state index contributed by atoms with van der Waals surface area (Å²) >= 11 is 0. The number of rotatable bonds is 3. The second-order valence-electron chi connectivity index (χ2n) is 2.16. The van der Waals surface area contributed by atoms with E-state index in [1.165, 1.54) is 11.6 Å². The lowest BCUT2D eigenvalue weighted by Crippen LogP contribution is -1.72. The van der Waals surface area contributed by atoms with E-state index in [0.29, 0.717) is 0 Å². The molecular formula is C9H14O. The third-order valence-corrected chi connectivity index (χ3v) is 1.31. The fourth-order valence-electron chi connectivity index (χ4n) is 0.414. The second-order valence-corrected chi connectivity index (χ2v) is 2.16. The number of hydrogen-bond acceptors (Lipinski definition) is 1. The van der Waals surface area contributed by atoms with Gasteiger partial charge in [-0.3, -0.25) is 0 Å². The van der Waals surface area contributed by atoms with Gasteiger partial charge in [0.15, 0.2) is 0 Å². The Kier molecular flexibility index (Phi) is 4.38. The average Bonchev–Trinajstić information content (AvgIpc) is 1.99. The Balaban J connectivity index is 4.03. The van der Waals surface area contributed by atoms with Gasteiger partial charge in [0.2, 0.25) is 0 Å². The lowest BCUT2D eigenvalue weighted by molar-refractivity contribution is 0.433. The predicted molar refractivity (Wildman–Crippen MR) is 45.0 cm³/mol. The zero-order chi connectivity index (χ0) is 7.98. The molecule has 0 aliphatic carbocycles. The van der Waals surface area contributed by atoms with Crippen molar-refractivity contribution in [2.24, 2.45) is 0 Å². The molecule has 1 nitrogen and oxygen atoms in total. The van der Waals surface area contributed by atoms with Crippen molar-refractivity contribution in [1.82, 2.24) is 0 Å². The van der Waals surface area contributed by atoms with Crippen molar-refractivity contribution < 1.29 is 5.11 Å². The molecule has 0 aliphatic rings. The van der Waals surface area contributed by atoms with E-state index in [-0.39, 0.29) is 5.76 Å². The highest BCUT2D eigenvalue weighted by molar-refractivity contribution is 5.18. The zero-order valence-corrected chi connectivity index (χ0v) is 6.59. The smallest absolute Gasteiger partial charge is 0.114 e. The van der Waals surface area contributed by atoms with Crippen molar-refractivity contribution in [2.45, 2.75) is 20.3 Å². The largest absolute Gasteiger partial charge is 0.508 e. The van der Waals surface area contributed by atoms with Crippen molar-refractivity contribution in [3.05, 3.63) is 36.1 Å². The lowest BCUT2D eigenvalue weighted by Gasteiger charge is -1.90. The highest BCUT2D eigenvalue weighted by Gasteiger charge is 1.81. The van der Waals surface area contributed by atoms with E-state index in [1.807, 2.05) is 13.0 Å². The van der Waals surface area contributed by atoms with Crippen LogP contribution in [0.15, 0.2) is 36.1 Å². The summed E-state index contributed by atoms with van der Waals surface area (Å²) in [5.74, 6) is 0.216. The average molecular weight is 138 g/mol. The first-order chi connectivity index (χ1) is 4.70. The molecule has 0 radical (unpaired) electrons. The first-order valence-corrected chi connectivity index (χ1v) is 3.39. The molecule has 0 aromatic carbocycles. The van der Waals surface area contributed by atoms with Crippen LogP contribution in [-0.2, 0) is 0 Å². The molecule has 0 aromatic heterocycles. The standard InChI is InChI=1S/C9H14O/c1-4-8(3)6-7-9(10)5-2/h5-7,10H,2,4H2,1,3H3/b8-6+,9-7+. The molecule has 0 atom stereocenters. The zero-order valence-electron chi connectivity index (χ0n) is 6.59. The van der Waals surface area contributed by atoms with Gasteiger partial charge in [-0.2, -0.15) is 0 Å². The van der Waals surface area contributed by atoms with Crippen LogP contribution in [0.3, 0.4) is 0 Å². The molecule has 10 heavy (non-hydrogen) atoms. The number of aliphatic hydroxyl groups is 1. The van der Waals surface area contributed by atoms with Crippen LogP contribution in [0.5, 0.6) is 0 Å². The second kappa shape index (κ2) is 4.86. The molecule has 0 unspecified atom stereocenters. The van der Waals surface area contributed by atoms with Crippen LogP contribution in [-0.4, -0.2) is 5.11 Å². The molecule has 0 bridgehead atoms. The molecule has 0 aliphatic heterocycles. The molecule has 0 aromatic rings. The molecule has 56 valence electrons. The van der Waals surface area contributed by atoms with E-state index in [1.54, 1.807) is 6.08 Å². The maximum atomic E-state index is 8.90. The SMILES string of the molecule is C=C/C(O)=C\C=C(/C)CC. The van der Waals surface area contributed by atoms with Gasteiger partial charge in [-0.1, -0.05) is 25.2 Å². The normalized spacial score (nSPS) is 13.4. The molecule has 0 saturated heterocycles. The van der Waals surface area contributed by atoms with Crippen LogP contribution in [0.2, 0.25) is 0 Å². The third-order valence-electron chi connectivity index (χ3n) is 1.31. The molecule has 0 amide bonds. The van der Waals surface area contributed by atoms with Crippen LogP contribution in [0.4, 0.5) is 0 Å². The minimum Gasteiger partial charge on any atom is -0.508 e. The van der Waals surface area contributed by atoms with E-state index in [2.05, 4.69) is 13.5 Å². The Morgan fingerprint density at radius 2 is 2.10 bits per heavy atom. The topological polar surface area (TPSA) is 20.2 Å².